The van der Waals surface area contributed by atoms with Gasteiger partial charge in [0.1, 0.15) is 5.75 Å². The Morgan fingerprint density at radius 3 is 2.67 bits per heavy atom. The van der Waals surface area contributed by atoms with E-state index in [1.165, 1.54) is 36.0 Å². The van der Waals surface area contributed by atoms with Gasteiger partial charge in [-0.3, -0.25) is 4.79 Å². The second kappa shape index (κ2) is 10.1. The van der Waals surface area contributed by atoms with E-state index in [1.54, 1.807) is 13.8 Å². The number of carbonyl (C=O) groups excluding carboxylic acids is 1. The molecule has 27 heavy (non-hydrogen) atoms. The van der Waals surface area contributed by atoms with Crippen molar-refractivity contribution in [3.8, 4) is 5.75 Å². The molecule has 1 aliphatic heterocycles. The normalized spacial score (nSPS) is 17.7. The predicted octanol–water partition coefficient (Wildman–Crippen LogP) is 1.85. The van der Waals surface area contributed by atoms with Gasteiger partial charge in [-0.05, 0) is 56.5 Å². The summed E-state index contributed by atoms with van der Waals surface area (Å²) < 4.78 is 32.1. The highest BCUT2D eigenvalue weighted by atomic mass is 32.2. The van der Waals surface area contributed by atoms with Gasteiger partial charge in [0.2, 0.25) is 10.0 Å². The van der Waals surface area contributed by atoms with Crippen LogP contribution in [0.1, 0.15) is 43.5 Å². The summed E-state index contributed by atoms with van der Waals surface area (Å²) in [6.45, 7) is 6.94. The first kappa shape index (κ1) is 21.7. The maximum atomic E-state index is 12.7. The molecule has 1 aromatic carbocycles. The summed E-state index contributed by atoms with van der Waals surface area (Å²) in [5.41, 5.74) is 0.243. The quantitative estimate of drug-likeness (QED) is 0.664. The molecule has 2 rings (SSSR count). The first-order chi connectivity index (χ1) is 12.9. The number of nitrogens with one attached hydrogen (secondary N) is 2. The van der Waals surface area contributed by atoms with Gasteiger partial charge >= 0.3 is 0 Å². The van der Waals surface area contributed by atoms with E-state index in [0.717, 1.165) is 25.9 Å². The third-order valence-electron chi connectivity index (χ3n) is 5.00. The van der Waals surface area contributed by atoms with Crippen molar-refractivity contribution in [2.45, 2.75) is 38.0 Å². The average Bonchev–Trinajstić information content (AvgIpc) is 2.69. The SMILES string of the molecule is CCN(CC)S(=O)(=O)c1ccc(OC)c(C(=O)NCCC2CCCNC2)c1. The van der Waals surface area contributed by atoms with Crippen molar-refractivity contribution in [2.24, 2.45) is 5.92 Å². The molecule has 1 aliphatic rings. The van der Waals surface area contributed by atoms with E-state index in [1.807, 2.05) is 0 Å². The van der Waals surface area contributed by atoms with E-state index in [-0.39, 0.29) is 16.4 Å². The molecule has 0 saturated carbocycles. The summed E-state index contributed by atoms with van der Waals surface area (Å²) in [6.07, 6.45) is 3.24. The van der Waals surface area contributed by atoms with Crippen LogP contribution in [0.5, 0.6) is 5.75 Å². The third-order valence-corrected chi connectivity index (χ3v) is 7.04. The fourth-order valence-corrected chi connectivity index (χ4v) is 4.88. The Balaban J connectivity index is 2.13. The van der Waals surface area contributed by atoms with Crippen LogP contribution in [0.3, 0.4) is 0 Å². The molecule has 7 nitrogen and oxygen atoms in total. The van der Waals surface area contributed by atoms with Crippen molar-refractivity contribution in [3.05, 3.63) is 23.8 Å². The third kappa shape index (κ3) is 5.43. The number of sulfonamides is 1. The Kier molecular flexibility index (Phi) is 8.07. The zero-order valence-electron chi connectivity index (χ0n) is 16.5. The van der Waals surface area contributed by atoms with Crippen molar-refractivity contribution >= 4 is 15.9 Å². The lowest BCUT2D eigenvalue weighted by Crippen LogP contribution is -2.33. The summed E-state index contributed by atoms with van der Waals surface area (Å²) in [5, 5.41) is 6.27. The molecule has 0 bridgehead atoms. The van der Waals surface area contributed by atoms with E-state index in [2.05, 4.69) is 10.6 Å². The number of ether oxygens (including phenoxy) is 1. The van der Waals surface area contributed by atoms with E-state index in [4.69, 9.17) is 4.74 Å². The van der Waals surface area contributed by atoms with Gasteiger partial charge in [-0.2, -0.15) is 4.31 Å². The average molecular weight is 398 g/mol. The Bertz CT molecular complexity index is 726. The van der Waals surface area contributed by atoms with Gasteiger partial charge in [0, 0.05) is 19.6 Å². The summed E-state index contributed by atoms with van der Waals surface area (Å²) in [4.78, 5) is 12.7. The number of hydrogen-bond donors (Lipinski definition) is 2. The topological polar surface area (TPSA) is 87.7 Å². The van der Waals surface area contributed by atoms with Crippen LogP contribution in [0.2, 0.25) is 0 Å². The monoisotopic (exact) mass is 397 g/mol. The number of benzene rings is 1. The maximum Gasteiger partial charge on any atom is 0.255 e. The second-order valence-corrected chi connectivity index (χ2v) is 8.65. The minimum Gasteiger partial charge on any atom is -0.496 e. The van der Waals surface area contributed by atoms with Gasteiger partial charge in [-0.15, -0.1) is 0 Å². The molecule has 1 aromatic rings. The molecule has 1 atom stereocenters. The number of carbonyl (C=O) groups is 1. The van der Waals surface area contributed by atoms with Gasteiger partial charge < -0.3 is 15.4 Å². The molecule has 1 fully saturated rings. The molecule has 0 spiro atoms. The Labute approximate surface area is 162 Å². The molecular formula is C19H31N3O4S. The van der Waals surface area contributed by atoms with Crippen LogP contribution in [0, 0.1) is 5.92 Å². The summed E-state index contributed by atoms with van der Waals surface area (Å²) in [7, 11) is -2.16. The van der Waals surface area contributed by atoms with Gasteiger partial charge in [0.05, 0.1) is 17.6 Å². The Morgan fingerprint density at radius 2 is 2.07 bits per heavy atom. The van der Waals surface area contributed by atoms with E-state index in [0.29, 0.717) is 31.3 Å². The lowest BCUT2D eigenvalue weighted by molar-refractivity contribution is 0.0947. The van der Waals surface area contributed by atoms with E-state index < -0.39 is 10.0 Å². The van der Waals surface area contributed by atoms with Crippen LogP contribution >= 0.6 is 0 Å². The van der Waals surface area contributed by atoms with Crippen molar-refractivity contribution in [1.29, 1.82) is 0 Å². The first-order valence-electron chi connectivity index (χ1n) is 9.61. The lowest BCUT2D eigenvalue weighted by atomic mass is 9.96. The minimum absolute atomic E-state index is 0.105. The van der Waals surface area contributed by atoms with Crippen LogP contribution in [-0.4, -0.2) is 58.5 Å². The van der Waals surface area contributed by atoms with Crippen molar-refractivity contribution in [3.63, 3.8) is 0 Å². The number of piperidine rings is 1. The number of methoxy groups -OCH3 is 1. The molecule has 2 N–H and O–H groups in total. The molecule has 0 radical (unpaired) electrons. The van der Waals surface area contributed by atoms with E-state index in [9.17, 15) is 13.2 Å². The fourth-order valence-electron chi connectivity index (χ4n) is 3.39. The molecule has 1 unspecified atom stereocenters. The molecule has 1 amide bonds. The molecule has 0 aliphatic carbocycles. The Hall–Kier alpha value is -1.64. The molecule has 1 saturated heterocycles. The van der Waals surface area contributed by atoms with Gasteiger partial charge in [-0.1, -0.05) is 13.8 Å². The van der Waals surface area contributed by atoms with Crippen LogP contribution in [0.4, 0.5) is 0 Å². The molecular weight excluding hydrogens is 366 g/mol. The highest BCUT2D eigenvalue weighted by molar-refractivity contribution is 7.89. The molecule has 8 heteroatoms. The van der Waals surface area contributed by atoms with E-state index >= 15 is 0 Å². The standard InChI is InChI=1S/C19H31N3O4S/c1-4-22(5-2)27(24,25)16-8-9-18(26-3)17(13-16)19(23)21-12-10-15-7-6-11-20-14-15/h8-9,13,15,20H,4-7,10-12,14H2,1-3H3,(H,21,23). The molecule has 152 valence electrons. The van der Waals surface area contributed by atoms with Crippen LogP contribution in [0.15, 0.2) is 23.1 Å². The van der Waals surface area contributed by atoms with Crippen LogP contribution in [-0.2, 0) is 10.0 Å². The summed E-state index contributed by atoms with van der Waals surface area (Å²) >= 11 is 0. The van der Waals surface area contributed by atoms with Gasteiger partial charge in [-0.25, -0.2) is 8.42 Å². The zero-order valence-corrected chi connectivity index (χ0v) is 17.3. The first-order valence-corrected chi connectivity index (χ1v) is 11.0. The van der Waals surface area contributed by atoms with Gasteiger partial charge in [0.25, 0.3) is 5.91 Å². The lowest BCUT2D eigenvalue weighted by Gasteiger charge is -2.22. The number of hydrogen-bond acceptors (Lipinski definition) is 5. The number of amides is 1. The van der Waals surface area contributed by atoms with Crippen LogP contribution in [0.25, 0.3) is 0 Å². The fraction of sp³-hybridized carbons (Fsp3) is 0.632. The summed E-state index contributed by atoms with van der Waals surface area (Å²) in [6, 6.07) is 4.43. The van der Waals surface area contributed by atoms with Crippen molar-refractivity contribution in [2.75, 3.05) is 39.8 Å². The molecule has 1 heterocycles. The highest BCUT2D eigenvalue weighted by Crippen LogP contribution is 2.24. The highest BCUT2D eigenvalue weighted by Gasteiger charge is 2.24. The predicted molar refractivity (Wildman–Crippen MR) is 106 cm³/mol. The number of rotatable bonds is 9. The Morgan fingerprint density at radius 1 is 1.33 bits per heavy atom. The maximum absolute atomic E-state index is 12.7. The molecule has 0 aromatic heterocycles. The van der Waals surface area contributed by atoms with Gasteiger partial charge in [0.15, 0.2) is 0 Å². The number of nitrogens with zero attached hydrogens (tertiary/aromatic N) is 1. The van der Waals surface area contributed by atoms with Crippen LogP contribution < -0.4 is 15.4 Å². The summed E-state index contributed by atoms with van der Waals surface area (Å²) in [5.74, 6) is 0.618. The second-order valence-electron chi connectivity index (χ2n) is 6.71. The largest absolute Gasteiger partial charge is 0.496 e. The zero-order chi connectivity index (χ0) is 19.9. The minimum atomic E-state index is -3.63. The van der Waals surface area contributed by atoms with Crippen molar-refractivity contribution < 1.29 is 17.9 Å². The van der Waals surface area contributed by atoms with Crippen molar-refractivity contribution in [1.82, 2.24) is 14.9 Å². The smallest absolute Gasteiger partial charge is 0.255 e.